The number of nitro groups is 1. The molecule has 0 heterocycles. The van der Waals surface area contributed by atoms with E-state index in [1.54, 1.807) is 13.0 Å². The van der Waals surface area contributed by atoms with Crippen LogP contribution in [-0.4, -0.2) is 11.5 Å². The monoisotopic (exact) mass is 278 g/mol. The average molecular weight is 278 g/mol. The molecule has 0 saturated carbocycles. The SMILES string of the molecule is Cc1ccc(C(C)NCC(C)(C)C(C)C)cc1[N+](=O)[O-]. The van der Waals surface area contributed by atoms with Gasteiger partial charge in [-0.25, -0.2) is 0 Å². The molecule has 112 valence electrons. The Labute approximate surface area is 121 Å². The summed E-state index contributed by atoms with van der Waals surface area (Å²) < 4.78 is 0. The number of hydrogen-bond donors (Lipinski definition) is 1. The minimum Gasteiger partial charge on any atom is -0.310 e. The summed E-state index contributed by atoms with van der Waals surface area (Å²) in [4.78, 5) is 10.7. The van der Waals surface area contributed by atoms with Gasteiger partial charge in [-0.15, -0.1) is 0 Å². The number of hydrogen-bond acceptors (Lipinski definition) is 3. The van der Waals surface area contributed by atoms with E-state index in [2.05, 4.69) is 33.0 Å². The maximum atomic E-state index is 11.0. The molecule has 20 heavy (non-hydrogen) atoms. The highest BCUT2D eigenvalue weighted by molar-refractivity contribution is 5.43. The lowest BCUT2D eigenvalue weighted by Gasteiger charge is -2.31. The molecule has 0 aliphatic heterocycles. The largest absolute Gasteiger partial charge is 0.310 e. The van der Waals surface area contributed by atoms with Gasteiger partial charge in [-0.3, -0.25) is 10.1 Å². The van der Waals surface area contributed by atoms with E-state index in [4.69, 9.17) is 0 Å². The topological polar surface area (TPSA) is 55.2 Å². The first-order valence-electron chi connectivity index (χ1n) is 7.13. The highest BCUT2D eigenvalue weighted by Crippen LogP contribution is 2.27. The molecular weight excluding hydrogens is 252 g/mol. The Balaban J connectivity index is 2.81. The van der Waals surface area contributed by atoms with Crippen molar-refractivity contribution < 1.29 is 4.92 Å². The highest BCUT2D eigenvalue weighted by Gasteiger charge is 2.23. The van der Waals surface area contributed by atoms with Gasteiger partial charge >= 0.3 is 0 Å². The van der Waals surface area contributed by atoms with Gasteiger partial charge in [-0.1, -0.05) is 39.8 Å². The van der Waals surface area contributed by atoms with E-state index in [1.807, 2.05) is 19.1 Å². The molecule has 0 aromatic heterocycles. The lowest BCUT2D eigenvalue weighted by atomic mass is 9.81. The summed E-state index contributed by atoms with van der Waals surface area (Å²) in [6.07, 6.45) is 0. The number of nitro benzene ring substituents is 1. The maximum Gasteiger partial charge on any atom is 0.272 e. The van der Waals surface area contributed by atoms with Crippen LogP contribution in [0.3, 0.4) is 0 Å². The van der Waals surface area contributed by atoms with Crippen LogP contribution in [0.5, 0.6) is 0 Å². The number of aryl methyl sites for hydroxylation is 1. The van der Waals surface area contributed by atoms with Gasteiger partial charge in [0, 0.05) is 24.2 Å². The molecular formula is C16H26N2O2. The van der Waals surface area contributed by atoms with E-state index in [9.17, 15) is 10.1 Å². The summed E-state index contributed by atoms with van der Waals surface area (Å²) in [5, 5.41) is 14.5. The first-order valence-corrected chi connectivity index (χ1v) is 7.13. The predicted molar refractivity (Wildman–Crippen MR) is 82.9 cm³/mol. The third kappa shape index (κ3) is 4.04. The van der Waals surface area contributed by atoms with Crippen LogP contribution in [-0.2, 0) is 0 Å². The van der Waals surface area contributed by atoms with E-state index in [1.165, 1.54) is 0 Å². The van der Waals surface area contributed by atoms with E-state index in [0.29, 0.717) is 11.5 Å². The van der Waals surface area contributed by atoms with Crippen molar-refractivity contribution in [3.63, 3.8) is 0 Å². The Morgan fingerprint density at radius 1 is 1.30 bits per heavy atom. The maximum absolute atomic E-state index is 11.0. The molecule has 1 unspecified atom stereocenters. The number of nitrogens with one attached hydrogen (secondary N) is 1. The van der Waals surface area contributed by atoms with Crippen LogP contribution >= 0.6 is 0 Å². The quantitative estimate of drug-likeness (QED) is 0.625. The first kappa shape index (κ1) is 16.6. The minimum absolute atomic E-state index is 0.104. The molecule has 0 spiro atoms. The molecule has 0 fully saturated rings. The zero-order valence-corrected chi connectivity index (χ0v) is 13.4. The molecule has 1 aromatic carbocycles. The highest BCUT2D eigenvalue weighted by atomic mass is 16.6. The summed E-state index contributed by atoms with van der Waals surface area (Å²) in [6.45, 7) is 13.6. The molecule has 1 rings (SSSR count). The Kier molecular flexibility index (Phi) is 5.28. The van der Waals surface area contributed by atoms with Crippen LogP contribution in [0.2, 0.25) is 0 Å². The average Bonchev–Trinajstić information content (AvgIpc) is 2.36. The third-order valence-electron chi connectivity index (χ3n) is 4.36. The second-order valence-electron chi connectivity index (χ2n) is 6.55. The standard InChI is InChI=1S/C16H26N2O2/c1-11(2)16(5,6)10-17-13(4)14-8-7-12(3)15(9-14)18(19)20/h7-9,11,13,17H,10H2,1-6H3. The summed E-state index contributed by atoms with van der Waals surface area (Å²) in [7, 11) is 0. The molecule has 4 heteroatoms. The molecule has 0 radical (unpaired) electrons. The fraction of sp³-hybridized carbons (Fsp3) is 0.625. The molecule has 0 aliphatic carbocycles. The van der Waals surface area contributed by atoms with Gasteiger partial charge < -0.3 is 5.32 Å². The lowest BCUT2D eigenvalue weighted by molar-refractivity contribution is -0.385. The van der Waals surface area contributed by atoms with Crippen LogP contribution in [0.25, 0.3) is 0 Å². The van der Waals surface area contributed by atoms with Gasteiger partial charge in [-0.05, 0) is 30.7 Å². The van der Waals surface area contributed by atoms with Crippen LogP contribution in [0.15, 0.2) is 18.2 Å². The fourth-order valence-electron chi connectivity index (χ4n) is 1.83. The first-order chi connectivity index (χ1) is 9.15. The van der Waals surface area contributed by atoms with Crippen LogP contribution in [0, 0.1) is 28.4 Å². The normalized spacial score (nSPS) is 13.6. The second kappa shape index (κ2) is 6.35. The Bertz CT molecular complexity index is 481. The molecule has 4 nitrogen and oxygen atoms in total. The smallest absolute Gasteiger partial charge is 0.272 e. The molecule has 0 saturated heterocycles. The van der Waals surface area contributed by atoms with E-state index in [-0.39, 0.29) is 22.1 Å². The molecule has 0 amide bonds. The van der Waals surface area contributed by atoms with Crippen LogP contribution < -0.4 is 5.32 Å². The van der Waals surface area contributed by atoms with Crippen molar-refractivity contribution in [3.8, 4) is 0 Å². The van der Waals surface area contributed by atoms with Crippen LogP contribution in [0.4, 0.5) is 5.69 Å². The molecule has 1 atom stereocenters. The summed E-state index contributed by atoms with van der Waals surface area (Å²) >= 11 is 0. The fourth-order valence-corrected chi connectivity index (χ4v) is 1.83. The third-order valence-corrected chi connectivity index (χ3v) is 4.36. The molecule has 1 aromatic rings. The number of benzene rings is 1. The van der Waals surface area contributed by atoms with Gasteiger partial charge in [0.25, 0.3) is 5.69 Å². The van der Waals surface area contributed by atoms with Crippen molar-refractivity contribution in [2.75, 3.05) is 6.54 Å². The van der Waals surface area contributed by atoms with Gasteiger partial charge in [0.2, 0.25) is 0 Å². The van der Waals surface area contributed by atoms with E-state index >= 15 is 0 Å². The Hall–Kier alpha value is -1.42. The van der Waals surface area contributed by atoms with Crippen molar-refractivity contribution in [1.82, 2.24) is 5.32 Å². The summed E-state index contributed by atoms with van der Waals surface area (Å²) in [5.41, 5.74) is 2.06. The van der Waals surface area contributed by atoms with E-state index < -0.39 is 0 Å². The predicted octanol–water partition coefficient (Wildman–Crippen LogP) is 4.24. The molecule has 0 aliphatic rings. The minimum atomic E-state index is -0.316. The van der Waals surface area contributed by atoms with Crippen molar-refractivity contribution in [1.29, 1.82) is 0 Å². The summed E-state index contributed by atoms with van der Waals surface area (Å²) in [6, 6.07) is 5.56. The molecule has 1 N–H and O–H groups in total. The van der Waals surface area contributed by atoms with Gasteiger partial charge in [0.15, 0.2) is 0 Å². The molecule has 0 bridgehead atoms. The number of nitrogens with zero attached hydrogens (tertiary/aromatic N) is 1. The Morgan fingerprint density at radius 3 is 2.40 bits per heavy atom. The van der Waals surface area contributed by atoms with Gasteiger partial charge in [0.05, 0.1) is 4.92 Å². The van der Waals surface area contributed by atoms with E-state index in [0.717, 1.165) is 12.1 Å². The van der Waals surface area contributed by atoms with Crippen molar-refractivity contribution in [2.45, 2.75) is 47.6 Å². The Morgan fingerprint density at radius 2 is 1.90 bits per heavy atom. The van der Waals surface area contributed by atoms with Gasteiger partial charge in [-0.2, -0.15) is 0 Å². The zero-order valence-electron chi connectivity index (χ0n) is 13.4. The van der Waals surface area contributed by atoms with Crippen molar-refractivity contribution in [3.05, 3.63) is 39.4 Å². The summed E-state index contributed by atoms with van der Waals surface area (Å²) in [5.74, 6) is 0.578. The van der Waals surface area contributed by atoms with Crippen molar-refractivity contribution in [2.24, 2.45) is 11.3 Å². The zero-order chi connectivity index (χ0) is 15.5. The van der Waals surface area contributed by atoms with Gasteiger partial charge in [0.1, 0.15) is 0 Å². The second-order valence-corrected chi connectivity index (χ2v) is 6.55. The van der Waals surface area contributed by atoms with Crippen molar-refractivity contribution >= 4 is 5.69 Å². The lowest BCUT2D eigenvalue weighted by Crippen LogP contribution is -2.34. The van der Waals surface area contributed by atoms with Crippen LogP contribution in [0.1, 0.15) is 51.8 Å². The number of rotatable bonds is 6.